The Morgan fingerprint density at radius 1 is 1.18 bits per heavy atom. The topological polar surface area (TPSA) is 88.4 Å². The lowest BCUT2D eigenvalue weighted by molar-refractivity contribution is 0.156. The lowest BCUT2D eigenvalue weighted by Crippen LogP contribution is -2.36. The van der Waals surface area contributed by atoms with Gasteiger partial charge in [-0.25, -0.2) is 13.1 Å². The molecule has 8 heteroatoms. The van der Waals surface area contributed by atoms with E-state index in [0.29, 0.717) is 5.02 Å². The molecule has 22 heavy (non-hydrogen) atoms. The largest absolute Gasteiger partial charge is 0.390 e. The zero-order chi connectivity index (χ0) is 16.2. The number of aliphatic hydroxyl groups excluding tert-OH is 1. The van der Waals surface area contributed by atoms with Gasteiger partial charge < -0.3 is 9.67 Å². The predicted molar refractivity (Wildman–Crippen MR) is 83.3 cm³/mol. The Labute approximate surface area is 133 Å². The quantitative estimate of drug-likeness (QED) is 0.814. The first-order chi connectivity index (χ1) is 10.4. The Bertz CT molecular complexity index is 787. The molecule has 0 aliphatic heterocycles. The van der Waals surface area contributed by atoms with E-state index in [1.165, 1.54) is 41.1 Å². The molecular formula is C14H15ClN2O4S. The van der Waals surface area contributed by atoms with Crippen LogP contribution in [0.15, 0.2) is 58.4 Å². The van der Waals surface area contributed by atoms with Gasteiger partial charge in [0.05, 0.1) is 17.5 Å². The van der Waals surface area contributed by atoms with Gasteiger partial charge in [0.25, 0.3) is 5.56 Å². The van der Waals surface area contributed by atoms with Crippen molar-refractivity contribution in [1.82, 2.24) is 9.29 Å². The van der Waals surface area contributed by atoms with E-state index in [4.69, 9.17) is 11.6 Å². The van der Waals surface area contributed by atoms with Crippen LogP contribution in [0, 0.1) is 0 Å². The molecule has 0 aliphatic carbocycles. The van der Waals surface area contributed by atoms with Crippen LogP contribution in [-0.4, -0.2) is 30.7 Å². The van der Waals surface area contributed by atoms with Crippen LogP contribution in [-0.2, 0) is 16.6 Å². The number of benzene rings is 1. The van der Waals surface area contributed by atoms with E-state index < -0.39 is 16.1 Å². The van der Waals surface area contributed by atoms with Crippen LogP contribution < -0.4 is 10.3 Å². The number of rotatable bonds is 6. The van der Waals surface area contributed by atoms with Crippen LogP contribution >= 0.6 is 11.6 Å². The molecule has 0 amide bonds. The summed E-state index contributed by atoms with van der Waals surface area (Å²) in [6.45, 7) is -0.199. The summed E-state index contributed by atoms with van der Waals surface area (Å²) in [4.78, 5) is 11.6. The highest BCUT2D eigenvalue weighted by Gasteiger charge is 2.16. The highest BCUT2D eigenvalue weighted by atomic mass is 35.5. The minimum atomic E-state index is -3.73. The number of hydrogen-bond donors (Lipinski definition) is 2. The molecule has 1 aromatic heterocycles. The summed E-state index contributed by atoms with van der Waals surface area (Å²) in [5.74, 6) is 0. The van der Waals surface area contributed by atoms with E-state index >= 15 is 0 Å². The van der Waals surface area contributed by atoms with Crippen molar-refractivity contribution in [3.63, 3.8) is 0 Å². The van der Waals surface area contributed by atoms with Crippen LogP contribution in [0.25, 0.3) is 0 Å². The van der Waals surface area contributed by atoms with Gasteiger partial charge in [0, 0.05) is 23.8 Å². The normalized spacial score (nSPS) is 13.0. The molecule has 6 nitrogen and oxygen atoms in total. The van der Waals surface area contributed by atoms with Gasteiger partial charge in [0.15, 0.2) is 0 Å². The van der Waals surface area contributed by atoms with E-state index in [0.717, 1.165) is 0 Å². The average molecular weight is 343 g/mol. The van der Waals surface area contributed by atoms with Crippen LogP contribution in [0.2, 0.25) is 5.02 Å². The summed E-state index contributed by atoms with van der Waals surface area (Å²) in [5, 5.41) is 10.3. The lowest BCUT2D eigenvalue weighted by atomic mass is 10.3. The second-order valence-corrected chi connectivity index (χ2v) is 6.85. The second-order valence-electron chi connectivity index (χ2n) is 4.65. The summed E-state index contributed by atoms with van der Waals surface area (Å²) in [7, 11) is -3.73. The molecule has 1 atom stereocenters. The van der Waals surface area contributed by atoms with Gasteiger partial charge in [-0.1, -0.05) is 17.7 Å². The Kier molecular flexibility index (Phi) is 5.36. The first-order valence-electron chi connectivity index (χ1n) is 6.47. The number of sulfonamides is 1. The number of nitrogens with zero attached hydrogens (tertiary/aromatic N) is 1. The molecule has 2 aromatic rings. The first-order valence-corrected chi connectivity index (χ1v) is 8.33. The van der Waals surface area contributed by atoms with Crippen LogP contribution in [0.3, 0.4) is 0 Å². The fourth-order valence-electron chi connectivity index (χ4n) is 1.81. The smallest absolute Gasteiger partial charge is 0.250 e. The Balaban J connectivity index is 1.98. The van der Waals surface area contributed by atoms with Gasteiger partial charge in [-0.15, -0.1) is 0 Å². The van der Waals surface area contributed by atoms with Crippen molar-refractivity contribution in [1.29, 1.82) is 0 Å². The molecule has 1 heterocycles. The maximum atomic E-state index is 12.0. The fourth-order valence-corrected chi connectivity index (χ4v) is 3.00. The van der Waals surface area contributed by atoms with E-state index in [1.807, 2.05) is 0 Å². The highest BCUT2D eigenvalue weighted by molar-refractivity contribution is 7.89. The standard InChI is InChI=1S/C14H15ClN2O4S/c15-11-4-6-13(7-5-11)22(20,21)16-9-12(18)10-17-8-2-1-3-14(17)19/h1-8,12,16,18H,9-10H2. The molecular weight excluding hydrogens is 328 g/mol. The van der Waals surface area contributed by atoms with Crippen LogP contribution in [0.5, 0.6) is 0 Å². The molecule has 0 spiro atoms. The van der Waals surface area contributed by atoms with Gasteiger partial charge in [0.2, 0.25) is 10.0 Å². The molecule has 2 N–H and O–H groups in total. The SMILES string of the molecule is O=c1ccccn1CC(O)CNS(=O)(=O)c1ccc(Cl)cc1. The van der Waals surface area contributed by atoms with Crippen molar-refractivity contribution < 1.29 is 13.5 Å². The van der Waals surface area contributed by atoms with Crippen molar-refractivity contribution in [2.75, 3.05) is 6.54 Å². The Hall–Kier alpha value is -1.67. The van der Waals surface area contributed by atoms with Crippen molar-refractivity contribution >= 4 is 21.6 Å². The number of aromatic nitrogens is 1. The summed E-state index contributed by atoms with van der Waals surface area (Å²) in [6, 6.07) is 10.3. The lowest BCUT2D eigenvalue weighted by Gasteiger charge is -2.13. The minimum Gasteiger partial charge on any atom is -0.390 e. The molecule has 1 aromatic carbocycles. The monoisotopic (exact) mass is 342 g/mol. The van der Waals surface area contributed by atoms with E-state index in [2.05, 4.69) is 4.72 Å². The molecule has 0 fully saturated rings. The molecule has 0 radical (unpaired) electrons. The summed E-state index contributed by atoms with van der Waals surface area (Å²) >= 11 is 5.71. The molecule has 0 bridgehead atoms. The third-order valence-electron chi connectivity index (χ3n) is 2.94. The fraction of sp³-hybridized carbons (Fsp3) is 0.214. The first kappa shape index (κ1) is 16.7. The van der Waals surface area contributed by atoms with Crippen LogP contribution in [0.1, 0.15) is 0 Å². The van der Waals surface area contributed by atoms with Gasteiger partial charge >= 0.3 is 0 Å². The Morgan fingerprint density at radius 3 is 2.50 bits per heavy atom. The average Bonchev–Trinajstić information content (AvgIpc) is 2.48. The van der Waals surface area contributed by atoms with Crippen LogP contribution in [0.4, 0.5) is 0 Å². The second kappa shape index (κ2) is 7.06. The number of halogens is 1. The summed E-state index contributed by atoms with van der Waals surface area (Å²) in [6.07, 6.45) is 0.501. The van der Waals surface area contributed by atoms with Crippen molar-refractivity contribution in [2.24, 2.45) is 0 Å². The van der Waals surface area contributed by atoms with E-state index in [9.17, 15) is 18.3 Å². The zero-order valence-electron chi connectivity index (χ0n) is 11.5. The third kappa shape index (κ3) is 4.41. The minimum absolute atomic E-state index is 0.00279. The summed E-state index contributed by atoms with van der Waals surface area (Å²) < 4.78 is 27.7. The zero-order valence-corrected chi connectivity index (χ0v) is 13.1. The number of hydrogen-bond acceptors (Lipinski definition) is 4. The van der Waals surface area contributed by atoms with Gasteiger partial charge in [0.1, 0.15) is 0 Å². The Morgan fingerprint density at radius 2 is 1.86 bits per heavy atom. The predicted octanol–water partition coefficient (Wildman–Crippen LogP) is 0.841. The third-order valence-corrected chi connectivity index (χ3v) is 4.63. The molecule has 0 saturated carbocycles. The van der Waals surface area contributed by atoms with Gasteiger partial charge in [-0.05, 0) is 30.3 Å². The molecule has 2 rings (SSSR count). The van der Waals surface area contributed by atoms with E-state index in [-0.39, 0.29) is 23.5 Å². The van der Waals surface area contributed by atoms with Gasteiger partial charge in [-0.3, -0.25) is 4.79 Å². The molecule has 0 aliphatic rings. The number of nitrogens with one attached hydrogen (secondary N) is 1. The maximum absolute atomic E-state index is 12.0. The molecule has 1 unspecified atom stereocenters. The highest BCUT2D eigenvalue weighted by Crippen LogP contribution is 2.13. The van der Waals surface area contributed by atoms with Crippen molar-refractivity contribution in [3.8, 4) is 0 Å². The molecule has 0 saturated heterocycles. The van der Waals surface area contributed by atoms with Crippen molar-refractivity contribution in [2.45, 2.75) is 17.5 Å². The summed E-state index contributed by atoms with van der Waals surface area (Å²) in [5.41, 5.74) is -0.262. The van der Waals surface area contributed by atoms with Crippen molar-refractivity contribution in [3.05, 3.63) is 64.0 Å². The maximum Gasteiger partial charge on any atom is 0.250 e. The van der Waals surface area contributed by atoms with Gasteiger partial charge in [-0.2, -0.15) is 0 Å². The number of pyridine rings is 1. The molecule has 118 valence electrons. The van der Waals surface area contributed by atoms with E-state index in [1.54, 1.807) is 12.1 Å². The number of aliphatic hydroxyl groups is 1.